The van der Waals surface area contributed by atoms with Crippen LogP contribution in [0.2, 0.25) is 0 Å². The zero-order chi connectivity index (χ0) is 26.4. The number of benzene rings is 4. The first-order chi connectivity index (χ1) is 17.7. The van der Waals surface area contributed by atoms with Gasteiger partial charge in [0, 0.05) is 11.3 Å². The molecule has 9 heteroatoms. The average Bonchev–Trinajstić information content (AvgIpc) is 2.85. The van der Waals surface area contributed by atoms with Crippen LogP contribution in [0.5, 0.6) is 11.5 Å². The molecule has 0 spiro atoms. The summed E-state index contributed by atoms with van der Waals surface area (Å²) in [6, 6.07) is 26.1. The van der Waals surface area contributed by atoms with Crippen molar-refractivity contribution in [1.29, 1.82) is 0 Å². The van der Waals surface area contributed by atoms with Crippen LogP contribution in [0.3, 0.4) is 0 Å². The van der Waals surface area contributed by atoms with E-state index in [2.05, 4.69) is 10.0 Å². The Morgan fingerprint density at radius 1 is 0.865 bits per heavy atom. The van der Waals surface area contributed by atoms with Crippen LogP contribution in [0, 0.1) is 6.92 Å². The Bertz CT molecular complexity index is 1530. The molecule has 0 saturated carbocycles. The fourth-order valence-corrected chi connectivity index (χ4v) is 4.57. The largest absolute Gasteiger partial charge is 0.481 e. The monoisotopic (exact) mass is 516 g/mol. The molecule has 0 saturated heterocycles. The predicted molar refractivity (Wildman–Crippen MR) is 141 cm³/mol. The Morgan fingerprint density at radius 3 is 2.30 bits per heavy atom. The van der Waals surface area contributed by atoms with Crippen molar-refractivity contribution in [3.8, 4) is 11.5 Å². The first kappa shape index (κ1) is 25.5. The van der Waals surface area contributed by atoms with Gasteiger partial charge in [-0.05, 0) is 67.1 Å². The highest BCUT2D eigenvalue weighted by Gasteiger charge is 2.19. The zero-order valence-electron chi connectivity index (χ0n) is 19.8. The fraction of sp³-hybridized carbons (Fsp3) is 0.0714. The first-order valence-corrected chi connectivity index (χ1v) is 12.8. The van der Waals surface area contributed by atoms with Gasteiger partial charge in [0.15, 0.2) is 5.75 Å². The lowest BCUT2D eigenvalue weighted by molar-refractivity contribution is -0.136. The number of nitrogens with one attached hydrogen (secondary N) is 2. The molecule has 0 heterocycles. The van der Waals surface area contributed by atoms with Gasteiger partial charge in [0.1, 0.15) is 5.75 Å². The number of carbonyl (C=O) groups excluding carboxylic acids is 1. The molecule has 8 nitrogen and oxygen atoms in total. The highest BCUT2D eigenvalue weighted by Crippen LogP contribution is 2.33. The SMILES string of the molecule is Cc1ccc(S(=O)(=O)Nc2cc(C(=O)Nc3ccccc3)ccc2Oc2cccc(CC(=O)O)c2)cc1. The van der Waals surface area contributed by atoms with Crippen molar-refractivity contribution in [2.24, 2.45) is 0 Å². The standard InChI is InChI=1S/C28H24N2O6S/c1-19-10-13-24(14-11-19)37(34,35)30-25-18-21(28(33)29-22-7-3-2-4-8-22)12-15-26(25)36-23-9-5-6-20(16-23)17-27(31)32/h2-16,18,30H,17H2,1H3,(H,29,33)(H,31,32). The third-order valence-corrected chi connectivity index (χ3v) is 6.71. The van der Waals surface area contributed by atoms with Crippen LogP contribution in [0.15, 0.2) is 102 Å². The fourth-order valence-electron chi connectivity index (χ4n) is 3.51. The van der Waals surface area contributed by atoms with Gasteiger partial charge >= 0.3 is 5.97 Å². The number of sulfonamides is 1. The smallest absolute Gasteiger partial charge is 0.307 e. The summed E-state index contributed by atoms with van der Waals surface area (Å²) in [6.07, 6.45) is -0.192. The number of hydrogen-bond acceptors (Lipinski definition) is 5. The molecule has 0 aliphatic carbocycles. The van der Waals surface area contributed by atoms with E-state index in [1.54, 1.807) is 60.7 Å². The van der Waals surface area contributed by atoms with Gasteiger partial charge in [-0.15, -0.1) is 0 Å². The van der Waals surface area contributed by atoms with Crippen LogP contribution in [0.4, 0.5) is 11.4 Å². The highest BCUT2D eigenvalue weighted by atomic mass is 32.2. The summed E-state index contributed by atoms with van der Waals surface area (Å²) in [5.74, 6) is -0.968. The molecule has 0 bridgehead atoms. The molecule has 1 amide bonds. The Kier molecular flexibility index (Phi) is 7.55. The maximum absolute atomic E-state index is 13.1. The number of ether oxygens (including phenoxy) is 1. The summed E-state index contributed by atoms with van der Waals surface area (Å²) in [5, 5.41) is 11.8. The average molecular weight is 517 g/mol. The van der Waals surface area contributed by atoms with Crippen LogP contribution in [-0.2, 0) is 21.2 Å². The second kappa shape index (κ2) is 11.0. The lowest BCUT2D eigenvalue weighted by Gasteiger charge is -2.16. The summed E-state index contributed by atoms with van der Waals surface area (Å²) < 4.78 is 34.7. The van der Waals surface area contributed by atoms with Gasteiger partial charge < -0.3 is 15.2 Å². The normalized spacial score (nSPS) is 10.9. The molecule has 188 valence electrons. The molecule has 0 unspecified atom stereocenters. The number of para-hydroxylation sites is 1. The number of amides is 1. The predicted octanol–water partition coefficient (Wildman–Crippen LogP) is 5.47. The Morgan fingerprint density at radius 2 is 1.59 bits per heavy atom. The number of anilines is 2. The molecule has 0 aliphatic heterocycles. The van der Waals surface area contributed by atoms with Crippen LogP contribution >= 0.6 is 0 Å². The Balaban J connectivity index is 1.68. The maximum Gasteiger partial charge on any atom is 0.307 e. The molecule has 4 aromatic rings. The van der Waals surface area contributed by atoms with Gasteiger partial charge in [0.25, 0.3) is 15.9 Å². The number of carboxylic acid groups (broad SMARTS) is 1. The van der Waals surface area contributed by atoms with Crippen molar-refractivity contribution >= 4 is 33.3 Å². The number of carbonyl (C=O) groups is 2. The van der Waals surface area contributed by atoms with Crippen molar-refractivity contribution in [3.05, 3.63) is 114 Å². The van der Waals surface area contributed by atoms with E-state index in [1.807, 2.05) is 13.0 Å². The quantitative estimate of drug-likeness (QED) is 0.271. The van der Waals surface area contributed by atoms with E-state index >= 15 is 0 Å². The van der Waals surface area contributed by atoms with E-state index in [9.17, 15) is 18.0 Å². The molecule has 0 fully saturated rings. The van der Waals surface area contributed by atoms with E-state index in [1.165, 1.54) is 30.3 Å². The van der Waals surface area contributed by atoms with Gasteiger partial charge in [-0.1, -0.05) is 48.0 Å². The van der Waals surface area contributed by atoms with Crippen LogP contribution in [-0.4, -0.2) is 25.4 Å². The maximum atomic E-state index is 13.1. The van der Waals surface area contributed by atoms with Gasteiger partial charge in [-0.25, -0.2) is 8.42 Å². The molecule has 0 radical (unpaired) electrons. The van der Waals surface area contributed by atoms with Crippen molar-refractivity contribution < 1.29 is 27.9 Å². The summed E-state index contributed by atoms with van der Waals surface area (Å²) in [7, 11) is -4.01. The van der Waals surface area contributed by atoms with Crippen LogP contribution in [0.1, 0.15) is 21.5 Å². The molecule has 0 aromatic heterocycles. The van der Waals surface area contributed by atoms with Gasteiger partial charge in [-0.2, -0.15) is 0 Å². The number of rotatable bonds is 9. The first-order valence-electron chi connectivity index (χ1n) is 11.3. The number of aliphatic carboxylic acids is 1. The summed E-state index contributed by atoms with van der Waals surface area (Å²) in [4.78, 5) is 24.0. The minimum atomic E-state index is -4.01. The molecule has 37 heavy (non-hydrogen) atoms. The Labute approximate surface area is 214 Å². The minimum Gasteiger partial charge on any atom is -0.481 e. The van der Waals surface area contributed by atoms with Crippen LogP contribution in [0.25, 0.3) is 0 Å². The molecule has 4 rings (SSSR count). The summed E-state index contributed by atoms with van der Waals surface area (Å²) >= 11 is 0. The summed E-state index contributed by atoms with van der Waals surface area (Å²) in [6.45, 7) is 1.85. The van der Waals surface area contributed by atoms with E-state index in [0.717, 1.165) is 5.56 Å². The second-order valence-corrected chi connectivity index (χ2v) is 9.95. The number of aryl methyl sites for hydroxylation is 1. The van der Waals surface area contributed by atoms with Gasteiger partial charge in [-0.3, -0.25) is 14.3 Å². The van der Waals surface area contributed by atoms with Crippen molar-refractivity contribution in [1.82, 2.24) is 0 Å². The van der Waals surface area contributed by atoms with Gasteiger partial charge in [0.2, 0.25) is 0 Å². The minimum absolute atomic E-state index is 0.0462. The molecule has 0 aliphatic rings. The molecule has 0 atom stereocenters. The van der Waals surface area contributed by atoms with Gasteiger partial charge in [0.05, 0.1) is 17.0 Å². The topological polar surface area (TPSA) is 122 Å². The Hall–Kier alpha value is -4.63. The molecule has 4 aromatic carbocycles. The summed E-state index contributed by atoms with van der Waals surface area (Å²) in [5.41, 5.74) is 2.27. The van der Waals surface area contributed by atoms with E-state index in [4.69, 9.17) is 9.84 Å². The third kappa shape index (κ3) is 6.74. The number of hydrogen-bond donors (Lipinski definition) is 3. The van der Waals surface area contributed by atoms with Crippen molar-refractivity contribution in [2.45, 2.75) is 18.2 Å². The second-order valence-electron chi connectivity index (χ2n) is 8.27. The zero-order valence-corrected chi connectivity index (χ0v) is 20.7. The van der Waals surface area contributed by atoms with Crippen molar-refractivity contribution in [2.75, 3.05) is 10.0 Å². The highest BCUT2D eigenvalue weighted by molar-refractivity contribution is 7.92. The third-order valence-electron chi connectivity index (χ3n) is 5.33. The molecular weight excluding hydrogens is 492 g/mol. The van der Waals surface area contributed by atoms with E-state index < -0.39 is 21.9 Å². The van der Waals surface area contributed by atoms with E-state index in [-0.39, 0.29) is 28.3 Å². The lowest BCUT2D eigenvalue weighted by atomic mass is 10.1. The molecular formula is C28H24N2O6S. The van der Waals surface area contributed by atoms with Crippen molar-refractivity contribution in [3.63, 3.8) is 0 Å². The number of carboxylic acids is 1. The van der Waals surface area contributed by atoms with Crippen LogP contribution < -0.4 is 14.8 Å². The lowest BCUT2D eigenvalue weighted by Crippen LogP contribution is -2.16. The van der Waals surface area contributed by atoms with E-state index in [0.29, 0.717) is 17.0 Å². The molecule has 3 N–H and O–H groups in total.